The first-order valence-corrected chi connectivity index (χ1v) is 9.01. The summed E-state index contributed by atoms with van der Waals surface area (Å²) in [5, 5.41) is 0. The quantitative estimate of drug-likeness (QED) is 0.774. The Kier molecular flexibility index (Phi) is 5.23. The number of piperidine rings is 1. The maximum absolute atomic E-state index is 14.0. The Bertz CT molecular complexity index is 688. The van der Waals surface area contributed by atoms with E-state index in [9.17, 15) is 13.6 Å². The first-order chi connectivity index (χ1) is 11.9. The number of nitrogens with zero attached hydrogens (tertiary/aromatic N) is 2. The molecular weight excluding hydrogens is 322 g/mol. The molecule has 3 nitrogen and oxygen atoms in total. The van der Waals surface area contributed by atoms with Crippen LogP contribution in [0.1, 0.15) is 38.7 Å². The van der Waals surface area contributed by atoms with Gasteiger partial charge in [0.1, 0.15) is 0 Å². The highest BCUT2D eigenvalue weighted by molar-refractivity contribution is 5.84. The molecule has 1 atom stereocenters. The Hall–Kier alpha value is -1.75. The fourth-order valence-corrected chi connectivity index (χ4v) is 4.10. The summed E-state index contributed by atoms with van der Waals surface area (Å²) in [4.78, 5) is 17.2. The molecule has 1 aromatic carbocycles. The highest BCUT2D eigenvalue weighted by Crippen LogP contribution is 2.40. The molecular formula is C20H26F2N2O. The van der Waals surface area contributed by atoms with Crippen LogP contribution in [0.4, 0.5) is 8.78 Å². The zero-order chi connectivity index (χ0) is 18.0. The van der Waals surface area contributed by atoms with Crippen molar-refractivity contribution in [3.63, 3.8) is 0 Å². The van der Waals surface area contributed by atoms with Gasteiger partial charge in [0.15, 0.2) is 11.6 Å². The fourth-order valence-electron chi connectivity index (χ4n) is 4.10. The lowest BCUT2D eigenvalue weighted by Crippen LogP contribution is -2.49. The number of halogens is 2. The second kappa shape index (κ2) is 7.24. The monoisotopic (exact) mass is 348 g/mol. The van der Waals surface area contributed by atoms with Gasteiger partial charge in [-0.3, -0.25) is 9.69 Å². The van der Waals surface area contributed by atoms with Crippen LogP contribution < -0.4 is 0 Å². The summed E-state index contributed by atoms with van der Waals surface area (Å²) in [6, 6.07) is 4.16. The van der Waals surface area contributed by atoms with Gasteiger partial charge in [0, 0.05) is 31.7 Å². The van der Waals surface area contributed by atoms with E-state index in [4.69, 9.17) is 0 Å². The minimum absolute atomic E-state index is 0.100. The number of hydrogen-bond acceptors (Lipinski definition) is 2. The van der Waals surface area contributed by atoms with Crippen LogP contribution in [0.25, 0.3) is 0 Å². The van der Waals surface area contributed by atoms with Crippen molar-refractivity contribution >= 4 is 5.91 Å². The first-order valence-electron chi connectivity index (χ1n) is 9.01. The Morgan fingerprint density at radius 1 is 1.28 bits per heavy atom. The number of hydrogen-bond donors (Lipinski definition) is 0. The SMILES string of the molecule is CC=C(C)CN1CCC2(CCCN(Cc3cccc(F)c3F)C2=O)C1. The molecule has 5 heteroatoms. The predicted octanol–water partition coefficient (Wildman–Crippen LogP) is 3.75. The average Bonchev–Trinajstić information content (AvgIpc) is 2.99. The molecule has 0 aromatic heterocycles. The normalized spacial score (nSPS) is 25.2. The van der Waals surface area contributed by atoms with Crippen LogP contribution in [-0.4, -0.2) is 41.9 Å². The third-order valence-electron chi connectivity index (χ3n) is 5.62. The van der Waals surface area contributed by atoms with Crippen molar-refractivity contribution in [2.75, 3.05) is 26.2 Å². The molecule has 136 valence electrons. The Morgan fingerprint density at radius 3 is 2.84 bits per heavy atom. The molecule has 1 spiro atoms. The van der Waals surface area contributed by atoms with E-state index in [1.807, 2.05) is 6.92 Å². The molecule has 2 fully saturated rings. The topological polar surface area (TPSA) is 23.6 Å². The lowest BCUT2D eigenvalue weighted by Gasteiger charge is -2.39. The summed E-state index contributed by atoms with van der Waals surface area (Å²) in [6.07, 6.45) is 4.76. The van der Waals surface area contributed by atoms with E-state index in [1.165, 1.54) is 11.6 Å². The maximum Gasteiger partial charge on any atom is 0.230 e. The van der Waals surface area contributed by atoms with Gasteiger partial charge in [0.2, 0.25) is 5.91 Å². The predicted molar refractivity (Wildman–Crippen MR) is 93.9 cm³/mol. The second-order valence-electron chi connectivity index (χ2n) is 7.42. The molecule has 0 saturated carbocycles. The fraction of sp³-hybridized carbons (Fsp3) is 0.550. The second-order valence-corrected chi connectivity index (χ2v) is 7.42. The van der Waals surface area contributed by atoms with Crippen molar-refractivity contribution < 1.29 is 13.6 Å². The summed E-state index contributed by atoms with van der Waals surface area (Å²) < 4.78 is 27.4. The van der Waals surface area contributed by atoms with Crippen LogP contribution in [0.5, 0.6) is 0 Å². The largest absolute Gasteiger partial charge is 0.338 e. The zero-order valence-electron chi connectivity index (χ0n) is 15.0. The van der Waals surface area contributed by atoms with E-state index in [0.29, 0.717) is 6.54 Å². The van der Waals surface area contributed by atoms with E-state index in [1.54, 1.807) is 11.0 Å². The number of carbonyl (C=O) groups excluding carboxylic acids is 1. The molecule has 2 saturated heterocycles. The molecule has 1 amide bonds. The van der Waals surface area contributed by atoms with Gasteiger partial charge in [0.05, 0.1) is 5.41 Å². The maximum atomic E-state index is 14.0. The zero-order valence-corrected chi connectivity index (χ0v) is 15.0. The lowest BCUT2D eigenvalue weighted by atomic mass is 9.78. The average molecular weight is 348 g/mol. The van der Waals surface area contributed by atoms with Gasteiger partial charge in [-0.2, -0.15) is 0 Å². The van der Waals surface area contributed by atoms with Gasteiger partial charge in [-0.25, -0.2) is 8.78 Å². The molecule has 1 aromatic rings. The van der Waals surface area contributed by atoms with E-state index in [2.05, 4.69) is 17.9 Å². The summed E-state index contributed by atoms with van der Waals surface area (Å²) in [7, 11) is 0. The van der Waals surface area contributed by atoms with Crippen LogP contribution in [0.15, 0.2) is 29.8 Å². The lowest BCUT2D eigenvalue weighted by molar-refractivity contribution is -0.146. The van der Waals surface area contributed by atoms with Gasteiger partial charge in [0.25, 0.3) is 0 Å². The Morgan fingerprint density at radius 2 is 2.08 bits per heavy atom. The van der Waals surface area contributed by atoms with Crippen LogP contribution in [0, 0.1) is 17.0 Å². The van der Waals surface area contributed by atoms with Gasteiger partial charge < -0.3 is 4.90 Å². The number of amides is 1. The van der Waals surface area contributed by atoms with Crippen molar-refractivity contribution in [1.82, 2.24) is 9.80 Å². The van der Waals surface area contributed by atoms with Crippen LogP contribution >= 0.6 is 0 Å². The summed E-state index contributed by atoms with van der Waals surface area (Å²) in [6.45, 7) is 7.47. The van der Waals surface area contributed by atoms with Gasteiger partial charge in [-0.1, -0.05) is 23.8 Å². The molecule has 3 rings (SSSR count). The molecule has 2 aliphatic heterocycles. The van der Waals surface area contributed by atoms with Crippen LogP contribution in [0.2, 0.25) is 0 Å². The summed E-state index contributed by atoms with van der Waals surface area (Å²) in [5.74, 6) is -1.60. The van der Waals surface area contributed by atoms with E-state index < -0.39 is 11.6 Å². The molecule has 2 heterocycles. The third-order valence-corrected chi connectivity index (χ3v) is 5.62. The molecule has 25 heavy (non-hydrogen) atoms. The van der Waals surface area contributed by atoms with Crippen molar-refractivity contribution in [1.29, 1.82) is 0 Å². The highest BCUT2D eigenvalue weighted by atomic mass is 19.2. The third kappa shape index (κ3) is 3.61. The Labute approximate surface area is 148 Å². The van der Waals surface area contributed by atoms with Gasteiger partial charge in [-0.05, 0) is 45.7 Å². The molecule has 0 N–H and O–H groups in total. The summed E-state index contributed by atoms with van der Waals surface area (Å²) >= 11 is 0. The molecule has 0 aliphatic carbocycles. The number of allylic oxidation sites excluding steroid dienone is 1. The van der Waals surface area contributed by atoms with Crippen molar-refractivity contribution in [2.24, 2.45) is 5.41 Å². The smallest absolute Gasteiger partial charge is 0.230 e. The van der Waals surface area contributed by atoms with Crippen molar-refractivity contribution in [3.8, 4) is 0 Å². The highest BCUT2D eigenvalue weighted by Gasteiger charge is 2.48. The van der Waals surface area contributed by atoms with E-state index in [-0.39, 0.29) is 23.4 Å². The van der Waals surface area contributed by atoms with E-state index >= 15 is 0 Å². The van der Waals surface area contributed by atoms with Crippen molar-refractivity contribution in [3.05, 3.63) is 47.0 Å². The molecule has 2 aliphatic rings. The summed E-state index contributed by atoms with van der Waals surface area (Å²) in [5.41, 5.74) is 1.21. The van der Waals surface area contributed by atoms with Gasteiger partial charge >= 0.3 is 0 Å². The minimum Gasteiger partial charge on any atom is -0.338 e. The van der Waals surface area contributed by atoms with Gasteiger partial charge in [-0.15, -0.1) is 0 Å². The number of carbonyl (C=O) groups is 1. The molecule has 1 unspecified atom stereocenters. The minimum atomic E-state index is -0.856. The van der Waals surface area contributed by atoms with Crippen LogP contribution in [0.3, 0.4) is 0 Å². The standard InChI is InChI=1S/C20H26F2N2O/c1-3-15(2)12-23-11-9-20(14-23)8-5-10-24(19(20)25)13-16-6-4-7-17(21)18(16)22/h3-4,6-7H,5,8-14H2,1-2H3. The van der Waals surface area contributed by atoms with E-state index in [0.717, 1.165) is 45.0 Å². The van der Waals surface area contributed by atoms with Crippen LogP contribution in [-0.2, 0) is 11.3 Å². The first kappa shape index (κ1) is 18.1. The number of rotatable bonds is 4. The molecule has 0 radical (unpaired) electrons. The number of benzene rings is 1. The van der Waals surface area contributed by atoms with Crippen molar-refractivity contribution in [2.45, 2.75) is 39.7 Å². The number of likely N-dealkylation sites (tertiary alicyclic amines) is 2. The Balaban J connectivity index is 1.72. The molecule has 0 bridgehead atoms.